The van der Waals surface area contributed by atoms with Gasteiger partial charge in [0.05, 0.1) is 17.0 Å². The van der Waals surface area contributed by atoms with Crippen LogP contribution in [0.4, 0.5) is 4.39 Å². The summed E-state index contributed by atoms with van der Waals surface area (Å²) in [4.78, 5) is 4.01. The molecule has 0 aliphatic rings. The van der Waals surface area contributed by atoms with Crippen LogP contribution in [0.5, 0.6) is 0 Å². The molecule has 84 valence electrons. The third-order valence-corrected chi connectivity index (χ3v) is 2.60. The summed E-state index contributed by atoms with van der Waals surface area (Å²) in [6.07, 6.45) is 3.98. The Hall–Kier alpha value is -1.39. The Bertz CT molecular complexity index is 496. The zero-order valence-electron chi connectivity index (χ0n) is 8.53. The second-order valence-electron chi connectivity index (χ2n) is 3.39. The standard InChI is InChI=1S/C11H11ClFN3/c12-10-2-1-8(13)5-11(10)16-7-15-6-9(16)3-4-14/h1-2,5-7H,3-4,14H2. The Morgan fingerprint density at radius 1 is 1.44 bits per heavy atom. The topological polar surface area (TPSA) is 43.8 Å². The van der Waals surface area contributed by atoms with Crippen molar-refractivity contribution in [3.05, 3.63) is 47.3 Å². The van der Waals surface area contributed by atoms with Gasteiger partial charge in [-0.05, 0) is 24.7 Å². The highest BCUT2D eigenvalue weighted by Crippen LogP contribution is 2.22. The molecule has 1 heterocycles. The van der Waals surface area contributed by atoms with Crippen molar-refractivity contribution in [2.75, 3.05) is 6.54 Å². The van der Waals surface area contributed by atoms with Gasteiger partial charge in [0.15, 0.2) is 0 Å². The monoisotopic (exact) mass is 239 g/mol. The van der Waals surface area contributed by atoms with Gasteiger partial charge in [-0.2, -0.15) is 0 Å². The number of benzene rings is 1. The maximum Gasteiger partial charge on any atom is 0.125 e. The highest BCUT2D eigenvalue weighted by Gasteiger charge is 2.08. The van der Waals surface area contributed by atoms with E-state index in [1.807, 2.05) is 0 Å². The summed E-state index contributed by atoms with van der Waals surface area (Å²) in [7, 11) is 0. The average molecular weight is 240 g/mol. The van der Waals surface area contributed by atoms with E-state index in [0.717, 1.165) is 5.69 Å². The van der Waals surface area contributed by atoms with Gasteiger partial charge in [-0.1, -0.05) is 11.6 Å². The number of rotatable bonds is 3. The first-order chi connectivity index (χ1) is 7.72. The van der Waals surface area contributed by atoms with Crippen LogP contribution in [-0.2, 0) is 6.42 Å². The number of hydrogen-bond acceptors (Lipinski definition) is 2. The van der Waals surface area contributed by atoms with Gasteiger partial charge in [-0.15, -0.1) is 0 Å². The summed E-state index contributed by atoms with van der Waals surface area (Å²) in [6, 6.07) is 4.23. The van der Waals surface area contributed by atoms with Crippen molar-refractivity contribution in [1.82, 2.24) is 9.55 Å². The summed E-state index contributed by atoms with van der Waals surface area (Å²) in [5.41, 5.74) is 6.98. The molecular weight excluding hydrogens is 229 g/mol. The molecule has 2 aromatic rings. The van der Waals surface area contributed by atoms with Crippen LogP contribution in [0.15, 0.2) is 30.7 Å². The fourth-order valence-corrected chi connectivity index (χ4v) is 1.75. The number of nitrogens with two attached hydrogens (primary N) is 1. The van der Waals surface area contributed by atoms with Crippen molar-refractivity contribution in [2.45, 2.75) is 6.42 Å². The number of hydrogen-bond donors (Lipinski definition) is 1. The Morgan fingerprint density at radius 2 is 2.25 bits per heavy atom. The van der Waals surface area contributed by atoms with Gasteiger partial charge in [0, 0.05) is 18.3 Å². The minimum absolute atomic E-state index is 0.327. The van der Waals surface area contributed by atoms with Crippen LogP contribution in [-0.4, -0.2) is 16.1 Å². The molecule has 0 aliphatic carbocycles. The van der Waals surface area contributed by atoms with E-state index in [0.29, 0.717) is 23.7 Å². The number of halogens is 2. The predicted molar refractivity (Wildman–Crippen MR) is 61.3 cm³/mol. The lowest BCUT2D eigenvalue weighted by Gasteiger charge is -2.09. The van der Waals surface area contributed by atoms with Crippen LogP contribution < -0.4 is 5.73 Å². The van der Waals surface area contributed by atoms with Crippen LogP contribution in [0.3, 0.4) is 0 Å². The lowest BCUT2D eigenvalue weighted by atomic mass is 10.2. The smallest absolute Gasteiger partial charge is 0.125 e. The molecule has 0 bridgehead atoms. The molecule has 0 atom stereocenters. The molecule has 5 heteroatoms. The first-order valence-corrected chi connectivity index (χ1v) is 5.27. The minimum atomic E-state index is -0.327. The molecule has 0 saturated carbocycles. The SMILES string of the molecule is NCCc1cncn1-c1cc(F)ccc1Cl. The van der Waals surface area contributed by atoms with E-state index in [4.69, 9.17) is 17.3 Å². The zero-order chi connectivity index (χ0) is 11.5. The second-order valence-corrected chi connectivity index (χ2v) is 3.80. The van der Waals surface area contributed by atoms with E-state index in [1.165, 1.54) is 18.2 Å². The van der Waals surface area contributed by atoms with Crippen LogP contribution >= 0.6 is 11.6 Å². The van der Waals surface area contributed by atoms with E-state index in [9.17, 15) is 4.39 Å². The summed E-state index contributed by atoms with van der Waals surface area (Å²) in [5.74, 6) is -0.327. The van der Waals surface area contributed by atoms with E-state index in [-0.39, 0.29) is 5.82 Å². The molecule has 2 N–H and O–H groups in total. The Labute approximate surface area is 97.7 Å². The van der Waals surface area contributed by atoms with Crippen molar-refractivity contribution < 1.29 is 4.39 Å². The van der Waals surface area contributed by atoms with Crippen molar-refractivity contribution >= 4 is 11.6 Å². The molecule has 0 saturated heterocycles. The predicted octanol–water partition coefficient (Wildman–Crippen LogP) is 2.17. The van der Waals surface area contributed by atoms with Crippen LogP contribution in [0.2, 0.25) is 5.02 Å². The minimum Gasteiger partial charge on any atom is -0.330 e. The van der Waals surface area contributed by atoms with Gasteiger partial charge in [-0.25, -0.2) is 9.37 Å². The molecule has 3 nitrogen and oxygen atoms in total. The summed E-state index contributed by atoms with van der Waals surface area (Å²) < 4.78 is 14.9. The molecule has 0 radical (unpaired) electrons. The van der Waals surface area contributed by atoms with Gasteiger partial charge in [0.25, 0.3) is 0 Å². The van der Waals surface area contributed by atoms with Gasteiger partial charge in [0.1, 0.15) is 5.82 Å². The number of aromatic nitrogens is 2. The van der Waals surface area contributed by atoms with Gasteiger partial charge in [-0.3, -0.25) is 0 Å². The van der Waals surface area contributed by atoms with Crippen LogP contribution in [0.25, 0.3) is 5.69 Å². The molecular formula is C11H11ClFN3. The normalized spacial score (nSPS) is 10.7. The molecule has 0 spiro atoms. The maximum atomic E-state index is 13.1. The largest absolute Gasteiger partial charge is 0.330 e. The molecule has 1 aromatic heterocycles. The van der Waals surface area contributed by atoms with Crippen molar-refractivity contribution in [2.24, 2.45) is 5.73 Å². The molecule has 16 heavy (non-hydrogen) atoms. The van der Waals surface area contributed by atoms with Crippen LogP contribution in [0, 0.1) is 5.82 Å². The van der Waals surface area contributed by atoms with E-state index in [1.54, 1.807) is 17.1 Å². The fourth-order valence-electron chi connectivity index (χ4n) is 1.54. The van der Waals surface area contributed by atoms with Crippen molar-refractivity contribution in [3.8, 4) is 5.69 Å². The molecule has 0 unspecified atom stereocenters. The van der Waals surface area contributed by atoms with Crippen molar-refractivity contribution in [3.63, 3.8) is 0 Å². The van der Waals surface area contributed by atoms with Crippen molar-refractivity contribution in [1.29, 1.82) is 0 Å². The molecule has 0 amide bonds. The summed E-state index contributed by atoms with van der Waals surface area (Å²) >= 11 is 6.01. The molecule has 0 fully saturated rings. The molecule has 2 rings (SSSR count). The molecule has 1 aromatic carbocycles. The average Bonchev–Trinajstić information content (AvgIpc) is 2.70. The lowest BCUT2D eigenvalue weighted by Crippen LogP contribution is -2.07. The lowest BCUT2D eigenvalue weighted by molar-refractivity contribution is 0.626. The van der Waals surface area contributed by atoms with Gasteiger partial charge >= 0.3 is 0 Å². The maximum absolute atomic E-state index is 13.1. The highest BCUT2D eigenvalue weighted by atomic mass is 35.5. The third-order valence-electron chi connectivity index (χ3n) is 2.28. The Kier molecular flexibility index (Phi) is 3.22. The molecule has 0 aliphatic heterocycles. The number of nitrogens with zero attached hydrogens (tertiary/aromatic N) is 2. The first-order valence-electron chi connectivity index (χ1n) is 4.89. The van der Waals surface area contributed by atoms with Gasteiger partial charge in [0.2, 0.25) is 0 Å². The van der Waals surface area contributed by atoms with E-state index in [2.05, 4.69) is 4.98 Å². The number of imidazole rings is 1. The van der Waals surface area contributed by atoms with Crippen LogP contribution in [0.1, 0.15) is 5.69 Å². The third kappa shape index (κ3) is 2.08. The summed E-state index contributed by atoms with van der Waals surface area (Å²) in [5, 5.41) is 0.484. The fraction of sp³-hybridized carbons (Fsp3) is 0.182. The highest BCUT2D eigenvalue weighted by molar-refractivity contribution is 6.32. The van der Waals surface area contributed by atoms with E-state index >= 15 is 0 Å². The second kappa shape index (κ2) is 4.63. The first kappa shape index (κ1) is 11.1. The van der Waals surface area contributed by atoms with Gasteiger partial charge < -0.3 is 10.3 Å². The Balaban J connectivity index is 2.49. The quantitative estimate of drug-likeness (QED) is 0.892. The Morgan fingerprint density at radius 3 is 3.00 bits per heavy atom. The summed E-state index contributed by atoms with van der Waals surface area (Å²) in [6.45, 7) is 0.513. The van der Waals surface area contributed by atoms with E-state index < -0.39 is 0 Å². The zero-order valence-corrected chi connectivity index (χ0v) is 9.28.